The molecule has 0 heterocycles. The Morgan fingerprint density at radius 1 is 1.71 bits per heavy atom. The first-order valence-electron chi connectivity index (χ1n) is 2.73. The molecular formula is C4H14N2Si. The number of hydrogen-bond donors (Lipinski definition) is 1. The van der Waals surface area contributed by atoms with Gasteiger partial charge in [0.05, 0.1) is 10.4 Å². The van der Waals surface area contributed by atoms with Gasteiger partial charge < -0.3 is 0 Å². The third-order valence-corrected chi connectivity index (χ3v) is 1.31. The molecule has 0 rings (SSSR count). The van der Waals surface area contributed by atoms with Gasteiger partial charge in [-0.1, -0.05) is 13.3 Å². The molecule has 0 atom stereocenters. The van der Waals surface area contributed by atoms with Gasteiger partial charge in [0, 0.05) is 6.54 Å². The van der Waals surface area contributed by atoms with Gasteiger partial charge in [-0.15, -0.1) is 0 Å². The van der Waals surface area contributed by atoms with E-state index in [-0.39, 0.29) is 0 Å². The molecule has 2 N–H and O–H groups in total. The van der Waals surface area contributed by atoms with Gasteiger partial charge in [0.1, 0.15) is 0 Å². The van der Waals surface area contributed by atoms with Crippen LogP contribution in [0.25, 0.3) is 0 Å². The number of rotatable bonds is 3. The minimum absolute atomic E-state index is 0.994. The Morgan fingerprint density at radius 2 is 2.29 bits per heavy atom. The first-order valence-corrected chi connectivity index (χ1v) is 3.62. The molecule has 0 aliphatic carbocycles. The van der Waals surface area contributed by atoms with Crippen LogP contribution in [-0.4, -0.2) is 21.6 Å². The molecular weight excluding hydrogens is 104 g/mol. The van der Waals surface area contributed by atoms with Gasteiger partial charge in [0.2, 0.25) is 0 Å². The third-order valence-electron chi connectivity index (χ3n) is 0.864. The average Bonchev–Trinajstić information content (AvgIpc) is 1.61. The van der Waals surface area contributed by atoms with E-state index in [0.29, 0.717) is 0 Å². The fourth-order valence-electron chi connectivity index (χ4n) is 0.408. The molecule has 7 heavy (non-hydrogen) atoms. The maximum absolute atomic E-state index is 5.37. The van der Waals surface area contributed by atoms with Crippen molar-refractivity contribution in [3.8, 4) is 0 Å². The molecule has 0 unspecified atom stereocenters. The van der Waals surface area contributed by atoms with Crippen molar-refractivity contribution in [2.45, 2.75) is 19.8 Å². The third kappa shape index (κ3) is 6.14. The van der Waals surface area contributed by atoms with E-state index in [9.17, 15) is 0 Å². The van der Waals surface area contributed by atoms with E-state index in [2.05, 4.69) is 6.92 Å². The lowest BCUT2D eigenvalue weighted by atomic mass is 10.3. The maximum atomic E-state index is 5.37. The molecule has 0 spiro atoms. The largest absolute Gasteiger partial charge is 0.280 e. The summed E-state index contributed by atoms with van der Waals surface area (Å²) in [5.74, 6) is 5.37. The summed E-state index contributed by atoms with van der Waals surface area (Å²) in [5, 5.41) is 0. The van der Waals surface area contributed by atoms with Crippen molar-refractivity contribution in [1.29, 1.82) is 0 Å². The molecule has 3 heteroatoms. The van der Waals surface area contributed by atoms with Gasteiger partial charge in [-0.3, -0.25) is 10.5 Å². The predicted molar refractivity (Wildman–Crippen MR) is 35.7 cm³/mol. The molecule has 0 fully saturated rings. The van der Waals surface area contributed by atoms with E-state index >= 15 is 0 Å². The zero-order chi connectivity index (χ0) is 5.70. The highest BCUT2D eigenvalue weighted by Crippen LogP contribution is 1.83. The topological polar surface area (TPSA) is 29.3 Å². The van der Waals surface area contributed by atoms with Crippen LogP contribution in [0.4, 0.5) is 0 Å². The van der Waals surface area contributed by atoms with Gasteiger partial charge in [0.15, 0.2) is 0 Å². The van der Waals surface area contributed by atoms with E-state index in [1.807, 2.05) is 4.67 Å². The quantitative estimate of drug-likeness (QED) is 0.300. The standard InChI is InChI=1S/C4H14N2Si/c1-2-3-4-6(5)7/h2-5H2,1,7H3. The average molecular weight is 118 g/mol. The number of hydrazine groups is 1. The second kappa shape index (κ2) is 4.30. The minimum atomic E-state index is 0.994. The van der Waals surface area contributed by atoms with Crippen molar-refractivity contribution < 1.29 is 0 Å². The smallest absolute Gasteiger partial charge is 0.0981 e. The zero-order valence-electron chi connectivity index (χ0n) is 5.15. The molecule has 44 valence electrons. The molecule has 0 aromatic heterocycles. The lowest BCUT2D eigenvalue weighted by Crippen LogP contribution is -2.28. The fourth-order valence-corrected chi connectivity index (χ4v) is 0.724. The number of nitrogens with zero attached hydrogens (tertiary/aromatic N) is 1. The Morgan fingerprint density at radius 3 is 2.43 bits per heavy atom. The van der Waals surface area contributed by atoms with E-state index in [0.717, 1.165) is 16.9 Å². The van der Waals surface area contributed by atoms with Crippen molar-refractivity contribution in [3.05, 3.63) is 0 Å². The second-order valence-corrected chi connectivity index (χ2v) is 2.98. The number of hydrogen-bond acceptors (Lipinski definition) is 2. The van der Waals surface area contributed by atoms with Crippen LogP contribution in [0.1, 0.15) is 19.8 Å². The molecule has 0 amide bonds. The van der Waals surface area contributed by atoms with Crippen LogP contribution in [0.2, 0.25) is 0 Å². The first kappa shape index (κ1) is 7.14. The van der Waals surface area contributed by atoms with Crippen molar-refractivity contribution >= 4 is 10.4 Å². The van der Waals surface area contributed by atoms with Gasteiger partial charge in [0.25, 0.3) is 0 Å². The second-order valence-electron chi connectivity index (χ2n) is 1.83. The summed E-state index contributed by atoms with van der Waals surface area (Å²) in [7, 11) is 0.994. The summed E-state index contributed by atoms with van der Waals surface area (Å²) in [6.45, 7) is 3.24. The van der Waals surface area contributed by atoms with Crippen LogP contribution in [0, 0.1) is 0 Å². The van der Waals surface area contributed by atoms with E-state index in [1.165, 1.54) is 12.8 Å². The lowest BCUT2D eigenvalue weighted by Gasteiger charge is -2.06. The van der Waals surface area contributed by atoms with Crippen molar-refractivity contribution in [3.63, 3.8) is 0 Å². The minimum Gasteiger partial charge on any atom is -0.280 e. The highest BCUT2D eigenvalue weighted by Gasteiger charge is 1.83. The Kier molecular flexibility index (Phi) is 4.38. The predicted octanol–water partition coefficient (Wildman–Crippen LogP) is -0.757. The normalized spacial score (nSPS) is 10.7. The van der Waals surface area contributed by atoms with E-state index in [1.54, 1.807) is 0 Å². The van der Waals surface area contributed by atoms with E-state index < -0.39 is 0 Å². The van der Waals surface area contributed by atoms with Crippen LogP contribution in [0.15, 0.2) is 0 Å². The van der Waals surface area contributed by atoms with Crippen LogP contribution in [-0.2, 0) is 0 Å². The molecule has 0 aliphatic heterocycles. The molecule has 0 radical (unpaired) electrons. The lowest BCUT2D eigenvalue weighted by molar-refractivity contribution is 0.462. The Hall–Kier alpha value is 0.137. The van der Waals surface area contributed by atoms with Gasteiger partial charge in [-0.25, -0.2) is 0 Å². The Labute approximate surface area is 48.2 Å². The van der Waals surface area contributed by atoms with Crippen molar-refractivity contribution in [2.24, 2.45) is 5.84 Å². The molecule has 0 aliphatic rings. The van der Waals surface area contributed by atoms with Crippen LogP contribution < -0.4 is 5.84 Å². The number of unbranched alkanes of at least 4 members (excludes halogenated alkanes) is 1. The number of nitrogens with two attached hydrogens (primary N) is 1. The van der Waals surface area contributed by atoms with Crippen LogP contribution in [0.3, 0.4) is 0 Å². The summed E-state index contributed by atoms with van der Waals surface area (Å²) in [6, 6.07) is 0. The molecule has 0 aromatic rings. The molecule has 0 aromatic carbocycles. The summed E-state index contributed by atoms with van der Waals surface area (Å²) in [6.07, 6.45) is 2.48. The molecule has 0 saturated carbocycles. The zero-order valence-corrected chi connectivity index (χ0v) is 7.15. The SMILES string of the molecule is CCCCN(N)[SiH3]. The molecule has 0 saturated heterocycles. The monoisotopic (exact) mass is 118 g/mol. The summed E-state index contributed by atoms with van der Waals surface area (Å²) in [4.78, 5) is 0. The summed E-state index contributed by atoms with van der Waals surface area (Å²) in [5.41, 5.74) is 0. The van der Waals surface area contributed by atoms with E-state index in [4.69, 9.17) is 5.84 Å². The van der Waals surface area contributed by atoms with Crippen LogP contribution >= 0.6 is 0 Å². The van der Waals surface area contributed by atoms with Crippen molar-refractivity contribution in [2.75, 3.05) is 6.54 Å². The van der Waals surface area contributed by atoms with Gasteiger partial charge >= 0.3 is 0 Å². The maximum Gasteiger partial charge on any atom is 0.0981 e. The first-order chi connectivity index (χ1) is 3.27. The van der Waals surface area contributed by atoms with Crippen LogP contribution in [0.5, 0.6) is 0 Å². The van der Waals surface area contributed by atoms with Gasteiger partial charge in [-0.2, -0.15) is 0 Å². The molecule has 0 bridgehead atoms. The van der Waals surface area contributed by atoms with Gasteiger partial charge in [-0.05, 0) is 6.42 Å². The highest BCUT2D eigenvalue weighted by molar-refractivity contribution is 6.03. The molecule has 2 nitrogen and oxygen atoms in total. The highest BCUT2D eigenvalue weighted by atomic mass is 28.2. The Balaban J connectivity index is 2.68. The summed E-state index contributed by atoms with van der Waals surface area (Å²) >= 11 is 0. The summed E-state index contributed by atoms with van der Waals surface area (Å²) < 4.78 is 1.85. The van der Waals surface area contributed by atoms with Crippen molar-refractivity contribution in [1.82, 2.24) is 4.67 Å². The fraction of sp³-hybridized carbons (Fsp3) is 1.00. The Bertz CT molecular complexity index is 38.7.